The predicted octanol–water partition coefficient (Wildman–Crippen LogP) is 8.09. The molecule has 0 bridgehead atoms. The second-order valence-corrected chi connectivity index (χ2v) is 8.71. The lowest BCUT2D eigenvalue weighted by atomic mass is 10.0. The molecule has 0 spiro atoms. The highest BCUT2D eigenvalue weighted by atomic mass is 32.1. The first kappa shape index (κ1) is 18.8. The van der Waals surface area contributed by atoms with Crippen LogP contribution in [0.5, 0.6) is 0 Å². The molecule has 2 heterocycles. The monoisotopic (exact) mass is 428 g/mol. The number of fused-ring (bicyclic) bond motifs is 1. The zero-order chi connectivity index (χ0) is 21.3. The van der Waals surface area contributed by atoms with Gasteiger partial charge in [0.2, 0.25) is 0 Å². The van der Waals surface area contributed by atoms with Crippen molar-refractivity contribution in [2.75, 3.05) is 0 Å². The molecular formula is C29H20N2S. The highest BCUT2D eigenvalue weighted by Crippen LogP contribution is 2.46. The number of para-hydroxylation sites is 1. The Kier molecular flexibility index (Phi) is 4.67. The molecular weight excluding hydrogens is 408 g/mol. The zero-order valence-electron chi connectivity index (χ0n) is 17.3. The molecule has 0 aliphatic carbocycles. The first-order chi connectivity index (χ1) is 15.9. The van der Waals surface area contributed by atoms with Crippen molar-refractivity contribution < 1.29 is 0 Å². The summed E-state index contributed by atoms with van der Waals surface area (Å²) in [5, 5.41) is 7.40. The third-order valence-electron chi connectivity index (χ3n) is 5.72. The molecule has 0 saturated carbocycles. The Morgan fingerprint density at radius 2 is 1.06 bits per heavy atom. The van der Waals surface area contributed by atoms with Crippen LogP contribution in [0.2, 0.25) is 0 Å². The quantitative estimate of drug-likeness (QED) is 0.277. The van der Waals surface area contributed by atoms with Gasteiger partial charge in [0.05, 0.1) is 17.6 Å². The Morgan fingerprint density at radius 3 is 1.72 bits per heavy atom. The summed E-state index contributed by atoms with van der Waals surface area (Å²) in [5.74, 6) is 0. The number of benzene rings is 4. The first-order valence-corrected chi connectivity index (χ1v) is 11.5. The van der Waals surface area contributed by atoms with Crippen molar-refractivity contribution in [1.29, 1.82) is 0 Å². The molecule has 3 heteroatoms. The minimum atomic E-state index is 1.06. The van der Waals surface area contributed by atoms with Crippen molar-refractivity contribution in [3.05, 3.63) is 121 Å². The van der Waals surface area contributed by atoms with Crippen molar-refractivity contribution in [2.45, 2.75) is 0 Å². The lowest BCUT2D eigenvalue weighted by Gasteiger charge is -2.10. The van der Waals surface area contributed by atoms with Gasteiger partial charge in [-0.25, -0.2) is 4.68 Å². The van der Waals surface area contributed by atoms with E-state index in [1.54, 1.807) is 0 Å². The normalized spacial score (nSPS) is 11.1. The van der Waals surface area contributed by atoms with Gasteiger partial charge in [0.25, 0.3) is 0 Å². The van der Waals surface area contributed by atoms with Crippen LogP contribution < -0.4 is 0 Å². The third-order valence-corrected chi connectivity index (χ3v) is 7.02. The van der Waals surface area contributed by atoms with Crippen LogP contribution in [-0.4, -0.2) is 9.78 Å². The third kappa shape index (κ3) is 3.15. The van der Waals surface area contributed by atoms with Gasteiger partial charge in [0, 0.05) is 31.7 Å². The van der Waals surface area contributed by atoms with E-state index in [0.29, 0.717) is 0 Å². The van der Waals surface area contributed by atoms with E-state index in [9.17, 15) is 0 Å². The summed E-state index contributed by atoms with van der Waals surface area (Å²) in [6.45, 7) is 0. The first-order valence-electron chi connectivity index (χ1n) is 10.7. The van der Waals surface area contributed by atoms with Gasteiger partial charge in [-0.1, -0.05) is 103 Å². The van der Waals surface area contributed by atoms with Crippen LogP contribution in [0.3, 0.4) is 0 Å². The summed E-state index contributed by atoms with van der Waals surface area (Å²) >= 11 is 1.84. The van der Waals surface area contributed by atoms with Gasteiger partial charge in [0.1, 0.15) is 0 Å². The average molecular weight is 429 g/mol. The Hall–Kier alpha value is -3.95. The van der Waals surface area contributed by atoms with Gasteiger partial charge in [0.15, 0.2) is 0 Å². The second kappa shape index (κ2) is 7.95. The van der Waals surface area contributed by atoms with E-state index in [-0.39, 0.29) is 0 Å². The highest BCUT2D eigenvalue weighted by molar-refractivity contribution is 7.21. The zero-order valence-corrected chi connectivity index (χ0v) is 18.2. The number of nitrogens with zero attached hydrogens (tertiary/aromatic N) is 2. The van der Waals surface area contributed by atoms with Crippen molar-refractivity contribution in [2.24, 2.45) is 0 Å². The van der Waals surface area contributed by atoms with Crippen LogP contribution in [0, 0.1) is 0 Å². The van der Waals surface area contributed by atoms with Gasteiger partial charge in [-0.15, -0.1) is 11.3 Å². The molecule has 0 radical (unpaired) electrons. The summed E-state index contributed by atoms with van der Waals surface area (Å²) in [4.78, 5) is 2.54. The van der Waals surface area contributed by atoms with Crippen LogP contribution in [0.25, 0.3) is 48.6 Å². The fourth-order valence-electron chi connectivity index (χ4n) is 4.25. The molecule has 2 aromatic heterocycles. The van der Waals surface area contributed by atoms with Crippen molar-refractivity contribution in [3.8, 4) is 37.8 Å². The predicted molar refractivity (Wildman–Crippen MR) is 135 cm³/mol. The van der Waals surface area contributed by atoms with Gasteiger partial charge >= 0.3 is 0 Å². The fourth-order valence-corrected chi connectivity index (χ4v) is 5.54. The van der Waals surface area contributed by atoms with Crippen molar-refractivity contribution in [1.82, 2.24) is 9.78 Å². The Bertz CT molecular complexity index is 1500. The maximum Gasteiger partial charge on any atom is 0.0827 e. The number of aromatic nitrogens is 2. The maximum atomic E-state index is 4.85. The van der Waals surface area contributed by atoms with Crippen molar-refractivity contribution >= 4 is 22.1 Å². The molecule has 0 atom stereocenters. The summed E-state index contributed by atoms with van der Waals surface area (Å²) in [5.41, 5.74) is 5.73. The van der Waals surface area contributed by atoms with Gasteiger partial charge in [-0.2, -0.15) is 5.10 Å². The lowest BCUT2D eigenvalue weighted by molar-refractivity contribution is 0.888. The molecule has 0 N–H and O–H groups in total. The summed E-state index contributed by atoms with van der Waals surface area (Å²) in [6, 6.07) is 40.2. The van der Waals surface area contributed by atoms with E-state index in [0.717, 1.165) is 22.5 Å². The Labute approximate surface area is 191 Å². The number of hydrogen-bond acceptors (Lipinski definition) is 2. The molecule has 4 aromatic carbocycles. The molecule has 6 rings (SSSR count). The maximum absolute atomic E-state index is 4.85. The minimum absolute atomic E-state index is 1.06. The van der Waals surface area contributed by atoms with Crippen LogP contribution in [0.1, 0.15) is 0 Å². The molecule has 0 aliphatic rings. The van der Waals surface area contributed by atoms with Gasteiger partial charge < -0.3 is 0 Å². The van der Waals surface area contributed by atoms with Crippen molar-refractivity contribution in [3.63, 3.8) is 0 Å². The molecule has 0 aliphatic heterocycles. The smallest absolute Gasteiger partial charge is 0.0827 e. The van der Waals surface area contributed by atoms with Crippen LogP contribution in [0.4, 0.5) is 0 Å². The summed E-state index contributed by atoms with van der Waals surface area (Å²) < 4.78 is 2.06. The molecule has 2 nitrogen and oxygen atoms in total. The largest absolute Gasteiger partial charge is 0.232 e. The standard InChI is InChI=1S/C29H20N2S/c1-4-12-21(13-5-1)27-26(20-30-31(27)23-16-8-3-9-17-23)29-25-19-11-10-18-24(25)28(32-29)22-14-6-2-7-15-22/h1-20H. The summed E-state index contributed by atoms with van der Waals surface area (Å²) in [7, 11) is 0. The molecule has 152 valence electrons. The number of hydrogen-bond donors (Lipinski definition) is 0. The number of rotatable bonds is 4. The molecule has 0 unspecified atom stereocenters. The van der Waals surface area contributed by atoms with E-state index in [1.165, 1.54) is 26.1 Å². The molecule has 6 aromatic rings. The average Bonchev–Trinajstić information content (AvgIpc) is 3.48. The van der Waals surface area contributed by atoms with Crippen LogP contribution >= 0.6 is 11.3 Å². The summed E-state index contributed by atoms with van der Waals surface area (Å²) in [6.07, 6.45) is 2.02. The SMILES string of the molecule is c1ccc(-c2sc(-c3cnn(-c4ccccc4)c3-c3ccccc3)c3ccccc23)cc1. The van der Waals surface area contributed by atoms with E-state index in [4.69, 9.17) is 5.10 Å². The van der Waals surface area contributed by atoms with Crippen LogP contribution in [0.15, 0.2) is 121 Å². The van der Waals surface area contributed by atoms with Gasteiger partial charge in [-0.05, 0) is 17.7 Å². The lowest BCUT2D eigenvalue weighted by Crippen LogP contribution is -1.98. The second-order valence-electron chi connectivity index (χ2n) is 7.69. The Balaban J connectivity index is 1.65. The highest BCUT2D eigenvalue weighted by Gasteiger charge is 2.21. The molecule has 32 heavy (non-hydrogen) atoms. The Morgan fingerprint density at radius 1 is 0.531 bits per heavy atom. The van der Waals surface area contributed by atoms with E-state index in [1.807, 2.05) is 23.6 Å². The molecule has 0 fully saturated rings. The number of thiophene rings is 1. The van der Waals surface area contributed by atoms with E-state index in [2.05, 4.69) is 114 Å². The van der Waals surface area contributed by atoms with E-state index >= 15 is 0 Å². The van der Waals surface area contributed by atoms with E-state index < -0.39 is 0 Å². The molecule has 0 saturated heterocycles. The molecule has 0 amide bonds. The van der Waals surface area contributed by atoms with Gasteiger partial charge in [-0.3, -0.25) is 0 Å². The fraction of sp³-hybridized carbons (Fsp3) is 0. The minimum Gasteiger partial charge on any atom is -0.232 e. The topological polar surface area (TPSA) is 17.8 Å². The van der Waals surface area contributed by atoms with Crippen LogP contribution in [-0.2, 0) is 0 Å².